The van der Waals surface area contributed by atoms with Crippen LogP contribution in [0.2, 0.25) is 0 Å². The van der Waals surface area contributed by atoms with Crippen molar-refractivity contribution in [3.63, 3.8) is 0 Å². The molecule has 1 unspecified atom stereocenters. The molecule has 0 amide bonds. The Morgan fingerprint density at radius 3 is 2.95 bits per heavy atom. The highest BCUT2D eigenvalue weighted by Crippen LogP contribution is 2.20. The zero-order valence-electron chi connectivity index (χ0n) is 11.7. The maximum Gasteiger partial charge on any atom is 0.335 e. The molecule has 5 heteroatoms. The molecule has 1 aromatic carbocycles. The first kappa shape index (κ1) is 15.0. The van der Waals surface area contributed by atoms with Gasteiger partial charge in [-0.25, -0.2) is 4.79 Å². The van der Waals surface area contributed by atoms with E-state index < -0.39 is 12.1 Å². The van der Waals surface area contributed by atoms with Gasteiger partial charge in [-0.3, -0.25) is 4.90 Å². The molecule has 2 N–H and O–H groups in total. The number of fused-ring (bicyclic) bond motifs is 1. The lowest BCUT2D eigenvalue weighted by atomic mass is 9.97. The molecule has 20 heavy (non-hydrogen) atoms. The Balaban J connectivity index is 1.98. The van der Waals surface area contributed by atoms with Gasteiger partial charge in [0, 0.05) is 26.2 Å². The number of carboxylic acids is 1. The second-order valence-corrected chi connectivity index (χ2v) is 5.09. The van der Waals surface area contributed by atoms with Gasteiger partial charge in [-0.1, -0.05) is 6.07 Å². The van der Waals surface area contributed by atoms with Crippen LogP contribution in [0.25, 0.3) is 0 Å². The first-order valence-electron chi connectivity index (χ1n) is 6.93. The maximum absolute atomic E-state index is 11.0. The minimum atomic E-state index is -0.902. The number of rotatable bonds is 6. The Labute approximate surface area is 118 Å². The smallest absolute Gasteiger partial charge is 0.335 e. The van der Waals surface area contributed by atoms with E-state index in [1.807, 2.05) is 13.0 Å². The predicted octanol–water partition coefficient (Wildman–Crippen LogP) is 1.14. The van der Waals surface area contributed by atoms with E-state index in [1.165, 1.54) is 5.56 Å². The molecule has 5 nitrogen and oxygen atoms in total. The average Bonchev–Trinajstić information content (AvgIpc) is 2.44. The molecular formula is C15H21NO4. The fourth-order valence-electron chi connectivity index (χ4n) is 2.51. The van der Waals surface area contributed by atoms with Crippen molar-refractivity contribution in [3.8, 4) is 0 Å². The Hall–Kier alpha value is -1.43. The largest absolute Gasteiger partial charge is 0.478 e. The number of β-amino-alcohol motifs (C(OH)–C–C–N with tert-alkyl or cyclic N) is 1. The van der Waals surface area contributed by atoms with Gasteiger partial charge in [0.25, 0.3) is 0 Å². The fraction of sp³-hybridized carbons (Fsp3) is 0.533. The van der Waals surface area contributed by atoms with Gasteiger partial charge < -0.3 is 14.9 Å². The molecule has 1 heterocycles. The number of carboxylic acid groups (broad SMARTS) is 1. The summed E-state index contributed by atoms with van der Waals surface area (Å²) in [6.07, 6.45) is 0.385. The zero-order valence-corrected chi connectivity index (χ0v) is 11.7. The standard InChI is InChI=1S/C15H21NO4/c1-2-20-10-14(17)9-16-6-5-11-3-4-12(15(18)19)7-13(11)8-16/h3-4,7,14,17H,2,5-6,8-10H2,1H3,(H,18,19). The predicted molar refractivity (Wildman–Crippen MR) is 74.9 cm³/mol. The SMILES string of the molecule is CCOCC(O)CN1CCc2ccc(C(=O)O)cc2C1. The highest BCUT2D eigenvalue weighted by molar-refractivity contribution is 5.87. The summed E-state index contributed by atoms with van der Waals surface area (Å²) in [5.74, 6) is -0.902. The Morgan fingerprint density at radius 1 is 1.45 bits per heavy atom. The molecule has 0 saturated heterocycles. The van der Waals surface area contributed by atoms with Crippen molar-refractivity contribution in [1.29, 1.82) is 0 Å². The van der Waals surface area contributed by atoms with E-state index in [0.29, 0.717) is 31.9 Å². The quantitative estimate of drug-likeness (QED) is 0.817. The first-order chi connectivity index (χ1) is 9.60. The second kappa shape index (κ2) is 6.83. The van der Waals surface area contributed by atoms with Crippen LogP contribution in [-0.2, 0) is 17.7 Å². The zero-order chi connectivity index (χ0) is 14.5. The van der Waals surface area contributed by atoms with E-state index in [-0.39, 0.29) is 0 Å². The van der Waals surface area contributed by atoms with Crippen LogP contribution in [0.15, 0.2) is 18.2 Å². The van der Waals surface area contributed by atoms with Gasteiger partial charge in [0.05, 0.1) is 18.3 Å². The number of ether oxygens (including phenoxy) is 1. The molecule has 2 rings (SSSR count). The van der Waals surface area contributed by atoms with Crippen LogP contribution in [0.1, 0.15) is 28.4 Å². The molecule has 1 aliphatic rings. The summed E-state index contributed by atoms with van der Waals surface area (Å²) in [6.45, 7) is 4.95. The lowest BCUT2D eigenvalue weighted by molar-refractivity contribution is 0.0186. The Morgan fingerprint density at radius 2 is 2.25 bits per heavy atom. The van der Waals surface area contributed by atoms with Crippen LogP contribution in [0.4, 0.5) is 0 Å². The first-order valence-corrected chi connectivity index (χ1v) is 6.93. The number of carbonyl (C=O) groups is 1. The van der Waals surface area contributed by atoms with Crippen molar-refractivity contribution in [3.05, 3.63) is 34.9 Å². The van der Waals surface area contributed by atoms with Gasteiger partial charge in [0.15, 0.2) is 0 Å². The van der Waals surface area contributed by atoms with Crippen LogP contribution in [-0.4, -0.2) is 53.5 Å². The van der Waals surface area contributed by atoms with Crippen LogP contribution in [0.5, 0.6) is 0 Å². The Bertz CT molecular complexity index is 475. The minimum absolute atomic E-state index is 0.320. The molecule has 0 aromatic heterocycles. The molecule has 0 bridgehead atoms. The summed E-state index contributed by atoms with van der Waals surface area (Å²) >= 11 is 0. The molecule has 0 spiro atoms. The average molecular weight is 279 g/mol. The van der Waals surface area contributed by atoms with Gasteiger partial charge in [-0.15, -0.1) is 0 Å². The van der Waals surface area contributed by atoms with Crippen molar-refractivity contribution in [2.24, 2.45) is 0 Å². The highest BCUT2D eigenvalue weighted by Gasteiger charge is 2.19. The fourth-order valence-corrected chi connectivity index (χ4v) is 2.51. The van der Waals surface area contributed by atoms with Gasteiger partial charge in [0.1, 0.15) is 0 Å². The van der Waals surface area contributed by atoms with E-state index in [2.05, 4.69) is 4.90 Å². The molecule has 1 aromatic rings. The molecule has 110 valence electrons. The number of aliphatic hydroxyl groups excluding tert-OH is 1. The lowest BCUT2D eigenvalue weighted by Crippen LogP contribution is -2.38. The van der Waals surface area contributed by atoms with Crippen molar-refractivity contribution in [2.45, 2.75) is 26.0 Å². The Kier molecular flexibility index (Phi) is 5.11. The van der Waals surface area contributed by atoms with Crippen LogP contribution < -0.4 is 0 Å². The van der Waals surface area contributed by atoms with Crippen molar-refractivity contribution in [1.82, 2.24) is 4.90 Å². The van der Waals surface area contributed by atoms with Crippen molar-refractivity contribution >= 4 is 5.97 Å². The van der Waals surface area contributed by atoms with Crippen LogP contribution >= 0.6 is 0 Å². The van der Waals surface area contributed by atoms with Gasteiger partial charge in [0.2, 0.25) is 0 Å². The summed E-state index contributed by atoms with van der Waals surface area (Å²) in [4.78, 5) is 13.1. The number of hydrogen-bond acceptors (Lipinski definition) is 4. The van der Waals surface area contributed by atoms with Crippen molar-refractivity contribution < 1.29 is 19.7 Å². The second-order valence-electron chi connectivity index (χ2n) is 5.09. The lowest BCUT2D eigenvalue weighted by Gasteiger charge is -2.30. The van der Waals surface area contributed by atoms with Crippen LogP contribution in [0.3, 0.4) is 0 Å². The summed E-state index contributed by atoms with van der Waals surface area (Å²) in [6, 6.07) is 5.28. The number of hydrogen-bond donors (Lipinski definition) is 2. The van der Waals surface area contributed by atoms with Gasteiger partial charge >= 0.3 is 5.97 Å². The monoisotopic (exact) mass is 279 g/mol. The molecule has 0 saturated carbocycles. The molecule has 0 aliphatic carbocycles. The van der Waals surface area contributed by atoms with Crippen LogP contribution in [0, 0.1) is 0 Å². The number of aromatic carboxylic acids is 1. The van der Waals surface area contributed by atoms with E-state index in [4.69, 9.17) is 9.84 Å². The third-order valence-corrected chi connectivity index (χ3v) is 3.53. The van der Waals surface area contributed by atoms with E-state index in [0.717, 1.165) is 18.5 Å². The number of benzene rings is 1. The number of aliphatic hydroxyl groups is 1. The van der Waals surface area contributed by atoms with E-state index in [9.17, 15) is 9.90 Å². The summed E-state index contributed by atoms with van der Waals surface area (Å²) in [5, 5.41) is 18.9. The third-order valence-electron chi connectivity index (χ3n) is 3.53. The van der Waals surface area contributed by atoms with Gasteiger partial charge in [-0.05, 0) is 36.6 Å². The van der Waals surface area contributed by atoms with Gasteiger partial charge in [-0.2, -0.15) is 0 Å². The summed E-state index contributed by atoms with van der Waals surface area (Å²) in [5.41, 5.74) is 2.56. The molecule has 0 fully saturated rings. The number of nitrogens with zero attached hydrogens (tertiary/aromatic N) is 1. The minimum Gasteiger partial charge on any atom is -0.478 e. The molecule has 1 aliphatic heterocycles. The van der Waals surface area contributed by atoms with E-state index >= 15 is 0 Å². The molecule has 1 atom stereocenters. The summed E-state index contributed by atoms with van der Waals surface area (Å²) in [7, 11) is 0. The third kappa shape index (κ3) is 3.79. The highest BCUT2D eigenvalue weighted by atomic mass is 16.5. The topological polar surface area (TPSA) is 70.0 Å². The normalized spacial score (nSPS) is 16.7. The molecular weight excluding hydrogens is 258 g/mol. The van der Waals surface area contributed by atoms with Crippen molar-refractivity contribution in [2.75, 3.05) is 26.3 Å². The summed E-state index contributed by atoms with van der Waals surface area (Å²) < 4.78 is 5.20. The molecule has 0 radical (unpaired) electrons. The van der Waals surface area contributed by atoms with E-state index in [1.54, 1.807) is 12.1 Å². The maximum atomic E-state index is 11.0.